The summed E-state index contributed by atoms with van der Waals surface area (Å²) in [6.45, 7) is 4.47. The first-order chi connectivity index (χ1) is 9.75. The number of benzene rings is 2. The molecule has 0 amide bonds. The molecule has 20 heavy (non-hydrogen) atoms. The second kappa shape index (κ2) is 5.80. The van der Waals surface area contributed by atoms with Crippen molar-refractivity contribution in [3.63, 3.8) is 0 Å². The maximum absolute atomic E-state index is 3.83. The van der Waals surface area contributed by atoms with Gasteiger partial charge in [0, 0.05) is 12.1 Å². The van der Waals surface area contributed by atoms with Crippen LogP contribution in [0.25, 0.3) is 0 Å². The molecule has 0 saturated heterocycles. The highest BCUT2D eigenvalue weighted by atomic mass is 14.9. The standard InChI is InChI=1S/C19H23N/c1-14-8-3-5-11-17(14)15(2)20-19-13-7-10-16-9-4-6-12-18(16)19/h3-6,8-9,11-12,15,19-20H,7,10,13H2,1-2H3/t15-,19?/m0/s1. The average molecular weight is 265 g/mol. The molecule has 2 aromatic carbocycles. The third kappa shape index (κ3) is 2.64. The number of nitrogens with one attached hydrogen (secondary N) is 1. The lowest BCUT2D eigenvalue weighted by Crippen LogP contribution is -2.28. The van der Waals surface area contributed by atoms with E-state index in [9.17, 15) is 0 Å². The van der Waals surface area contributed by atoms with Crippen molar-refractivity contribution in [1.29, 1.82) is 0 Å². The molecule has 1 unspecified atom stereocenters. The molecule has 2 aromatic rings. The van der Waals surface area contributed by atoms with Crippen LogP contribution in [0.3, 0.4) is 0 Å². The van der Waals surface area contributed by atoms with Crippen molar-refractivity contribution in [2.75, 3.05) is 0 Å². The fourth-order valence-electron chi connectivity index (χ4n) is 3.39. The quantitative estimate of drug-likeness (QED) is 0.846. The van der Waals surface area contributed by atoms with E-state index in [1.807, 2.05) is 0 Å². The minimum Gasteiger partial charge on any atom is -0.303 e. The molecule has 0 aliphatic heterocycles. The first kappa shape index (κ1) is 13.4. The van der Waals surface area contributed by atoms with Gasteiger partial charge in [0.05, 0.1) is 0 Å². The Morgan fingerprint density at radius 3 is 2.65 bits per heavy atom. The van der Waals surface area contributed by atoms with Crippen molar-refractivity contribution in [2.45, 2.75) is 45.2 Å². The molecule has 0 heterocycles. The highest BCUT2D eigenvalue weighted by Crippen LogP contribution is 2.31. The highest BCUT2D eigenvalue weighted by molar-refractivity contribution is 5.33. The van der Waals surface area contributed by atoms with Gasteiger partial charge in [0.15, 0.2) is 0 Å². The van der Waals surface area contributed by atoms with Crippen LogP contribution in [0.1, 0.15) is 54.1 Å². The number of hydrogen-bond acceptors (Lipinski definition) is 1. The molecule has 1 heteroatoms. The lowest BCUT2D eigenvalue weighted by molar-refractivity contribution is 0.414. The average Bonchev–Trinajstić information content (AvgIpc) is 2.48. The van der Waals surface area contributed by atoms with Gasteiger partial charge in [-0.1, -0.05) is 48.5 Å². The number of aryl methyl sites for hydroxylation is 2. The van der Waals surface area contributed by atoms with Crippen molar-refractivity contribution in [2.24, 2.45) is 0 Å². The minimum atomic E-state index is 0.396. The van der Waals surface area contributed by atoms with Gasteiger partial charge >= 0.3 is 0 Å². The lowest BCUT2D eigenvalue weighted by Gasteiger charge is -2.30. The predicted octanol–water partition coefficient (Wildman–Crippen LogP) is 4.72. The second-order valence-electron chi connectivity index (χ2n) is 5.89. The van der Waals surface area contributed by atoms with Crippen molar-refractivity contribution in [3.8, 4) is 0 Å². The van der Waals surface area contributed by atoms with Gasteiger partial charge in [-0.3, -0.25) is 0 Å². The summed E-state index contributed by atoms with van der Waals surface area (Å²) in [6, 6.07) is 18.5. The molecule has 0 fully saturated rings. The van der Waals surface area contributed by atoms with E-state index in [0.29, 0.717) is 12.1 Å². The number of fused-ring (bicyclic) bond motifs is 1. The summed E-state index contributed by atoms with van der Waals surface area (Å²) in [4.78, 5) is 0. The van der Waals surface area contributed by atoms with E-state index in [2.05, 4.69) is 67.7 Å². The largest absolute Gasteiger partial charge is 0.303 e. The normalized spacial score (nSPS) is 19.4. The molecule has 2 atom stereocenters. The van der Waals surface area contributed by atoms with Crippen LogP contribution >= 0.6 is 0 Å². The number of rotatable bonds is 3. The molecule has 1 nitrogen and oxygen atoms in total. The first-order valence-corrected chi connectivity index (χ1v) is 7.65. The SMILES string of the molecule is Cc1ccccc1[C@H](C)NC1CCCc2ccccc21. The Hall–Kier alpha value is -1.60. The Bertz CT molecular complexity index is 588. The zero-order valence-electron chi connectivity index (χ0n) is 12.4. The summed E-state index contributed by atoms with van der Waals surface area (Å²) in [7, 11) is 0. The molecule has 0 spiro atoms. The molecule has 1 N–H and O–H groups in total. The molecule has 0 radical (unpaired) electrons. The zero-order valence-corrected chi connectivity index (χ0v) is 12.4. The van der Waals surface area contributed by atoms with Crippen LogP contribution in [-0.4, -0.2) is 0 Å². The molecule has 0 bridgehead atoms. The Morgan fingerprint density at radius 1 is 1.05 bits per heavy atom. The second-order valence-corrected chi connectivity index (χ2v) is 5.89. The minimum absolute atomic E-state index is 0.396. The summed E-state index contributed by atoms with van der Waals surface area (Å²) in [5, 5.41) is 3.83. The molecule has 1 aliphatic carbocycles. The van der Waals surface area contributed by atoms with Crippen LogP contribution in [0.4, 0.5) is 0 Å². The van der Waals surface area contributed by atoms with Gasteiger partial charge in [0.25, 0.3) is 0 Å². The fourth-order valence-corrected chi connectivity index (χ4v) is 3.39. The third-order valence-corrected chi connectivity index (χ3v) is 4.48. The molecule has 104 valence electrons. The maximum Gasteiger partial charge on any atom is 0.0328 e. The van der Waals surface area contributed by atoms with Crippen molar-refractivity contribution in [3.05, 3.63) is 70.8 Å². The number of hydrogen-bond donors (Lipinski definition) is 1. The van der Waals surface area contributed by atoms with E-state index in [1.54, 1.807) is 0 Å². The molecule has 0 saturated carbocycles. The van der Waals surface area contributed by atoms with E-state index in [-0.39, 0.29) is 0 Å². The van der Waals surface area contributed by atoms with E-state index < -0.39 is 0 Å². The van der Waals surface area contributed by atoms with Crippen LogP contribution in [0.5, 0.6) is 0 Å². The van der Waals surface area contributed by atoms with Crippen LogP contribution in [0.2, 0.25) is 0 Å². The summed E-state index contributed by atoms with van der Waals surface area (Å²) >= 11 is 0. The summed E-state index contributed by atoms with van der Waals surface area (Å²) < 4.78 is 0. The van der Waals surface area contributed by atoms with Gasteiger partial charge in [-0.25, -0.2) is 0 Å². The third-order valence-electron chi connectivity index (χ3n) is 4.48. The summed E-state index contributed by atoms with van der Waals surface area (Å²) in [6.07, 6.45) is 3.76. The van der Waals surface area contributed by atoms with Gasteiger partial charge in [-0.15, -0.1) is 0 Å². The molecular formula is C19H23N. The van der Waals surface area contributed by atoms with E-state index in [4.69, 9.17) is 0 Å². The van der Waals surface area contributed by atoms with E-state index in [0.717, 1.165) is 0 Å². The van der Waals surface area contributed by atoms with Gasteiger partial charge in [-0.2, -0.15) is 0 Å². The molecule has 1 aliphatic rings. The Labute approximate surface area is 122 Å². The summed E-state index contributed by atoms with van der Waals surface area (Å²) in [5.74, 6) is 0. The molecular weight excluding hydrogens is 242 g/mol. The predicted molar refractivity (Wildman–Crippen MR) is 84.9 cm³/mol. The van der Waals surface area contributed by atoms with Crippen molar-refractivity contribution < 1.29 is 0 Å². The van der Waals surface area contributed by atoms with Crippen molar-refractivity contribution in [1.82, 2.24) is 5.32 Å². The molecule has 3 rings (SSSR count). The highest BCUT2D eigenvalue weighted by Gasteiger charge is 2.21. The van der Waals surface area contributed by atoms with Gasteiger partial charge in [0.2, 0.25) is 0 Å². The van der Waals surface area contributed by atoms with E-state index >= 15 is 0 Å². The van der Waals surface area contributed by atoms with Gasteiger partial charge < -0.3 is 5.32 Å². The fraction of sp³-hybridized carbons (Fsp3) is 0.368. The zero-order chi connectivity index (χ0) is 13.9. The first-order valence-electron chi connectivity index (χ1n) is 7.65. The topological polar surface area (TPSA) is 12.0 Å². The van der Waals surface area contributed by atoms with E-state index in [1.165, 1.54) is 41.5 Å². The van der Waals surface area contributed by atoms with Crippen LogP contribution in [-0.2, 0) is 6.42 Å². The summed E-state index contributed by atoms with van der Waals surface area (Å²) in [5.41, 5.74) is 5.81. The van der Waals surface area contributed by atoms with Gasteiger partial charge in [0.1, 0.15) is 0 Å². The Morgan fingerprint density at radius 2 is 1.80 bits per heavy atom. The Balaban J connectivity index is 1.81. The van der Waals surface area contributed by atoms with Gasteiger partial charge in [-0.05, 0) is 55.4 Å². The monoisotopic (exact) mass is 265 g/mol. The van der Waals surface area contributed by atoms with Crippen LogP contribution in [0, 0.1) is 6.92 Å². The smallest absolute Gasteiger partial charge is 0.0328 e. The van der Waals surface area contributed by atoms with Crippen LogP contribution in [0.15, 0.2) is 48.5 Å². The Kier molecular flexibility index (Phi) is 3.88. The van der Waals surface area contributed by atoms with Crippen molar-refractivity contribution >= 4 is 0 Å². The lowest BCUT2D eigenvalue weighted by atomic mass is 9.87. The molecule has 0 aromatic heterocycles. The maximum atomic E-state index is 3.83. The van der Waals surface area contributed by atoms with Crippen LogP contribution < -0.4 is 5.32 Å².